The average molecular weight is 474 g/mol. The van der Waals surface area contributed by atoms with Crippen LogP contribution < -0.4 is 10.9 Å². The summed E-state index contributed by atoms with van der Waals surface area (Å²) in [6.45, 7) is -0.00200. The minimum absolute atomic E-state index is 0.00200. The fraction of sp³-hybridized carbons (Fsp3) is 0.263. The summed E-state index contributed by atoms with van der Waals surface area (Å²) in [6, 6.07) is 8.05. The molecule has 5 rings (SSSR count). The number of H-pyrrole nitrogens is 1. The number of rotatable bonds is 5. The number of nitrogens with one attached hydrogen (secondary N) is 1. The van der Waals surface area contributed by atoms with Crippen LogP contribution in [-0.2, 0) is 19.9 Å². The fourth-order valence-corrected chi connectivity index (χ4v) is 7.47. The quantitative estimate of drug-likeness (QED) is 0.508. The molecule has 0 saturated heterocycles. The van der Waals surface area contributed by atoms with Gasteiger partial charge in [-0.1, -0.05) is 24.6 Å². The smallest absolute Gasteiger partial charge is 0.240 e. The molecular weight excluding hydrogens is 454 g/mol. The predicted molar refractivity (Wildman–Crippen MR) is 118 cm³/mol. The van der Waals surface area contributed by atoms with Gasteiger partial charge in [0, 0.05) is 5.56 Å². The van der Waals surface area contributed by atoms with Crippen molar-refractivity contribution in [1.82, 2.24) is 9.97 Å². The summed E-state index contributed by atoms with van der Waals surface area (Å²) in [5.74, 6) is 0.179. The molecule has 11 nitrogen and oxygen atoms in total. The van der Waals surface area contributed by atoms with Crippen LogP contribution in [0.4, 0.5) is 5.95 Å². The third kappa shape index (κ3) is 3.20. The number of nitrogen functional groups attached to an aromatic ring is 1. The number of sulfone groups is 1. The van der Waals surface area contributed by atoms with E-state index in [-0.39, 0.29) is 28.9 Å². The highest BCUT2D eigenvalue weighted by molar-refractivity contribution is 7.94. The van der Waals surface area contributed by atoms with E-state index in [1.165, 1.54) is 12.1 Å². The van der Waals surface area contributed by atoms with Crippen LogP contribution in [0, 0.1) is 0 Å². The minimum Gasteiger partial charge on any atom is -0.369 e. The molecule has 0 bridgehead atoms. The van der Waals surface area contributed by atoms with Crippen molar-refractivity contribution in [3.05, 3.63) is 35.9 Å². The summed E-state index contributed by atoms with van der Waals surface area (Å²) in [5.41, 5.74) is 7.80. The molecule has 2 aromatic carbocycles. The maximum absolute atomic E-state index is 13.3. The minimum atomic E-state index is -4.50. The number of hydrogen-bond donors (Lipinski definition) is 3. The zero-order chi connectivity index (χ0) is 22.7. The van der Waals surface area contributed by atoms with Gasteiger partial charge in [0.2, 0.25) is 10.0 Å². The monoisotopic (exact) mass is 473 g/mol. The Labute approximate surface area is 183 Å². The molecule has 2 aliphatic rings. The number of aliphatic imine (C=N–C) groups is 1. The van der Waals surface area contributed by atoms with Gasteiger partial charge in [0.05, 0.1) is 26.7 Å². The normalized spacial score (nSPS) is 17.0. The number of para-hydroxylation sites is 1. The number of primary sulfonamides is 1. The molecule has 0 amide bonds. The first-order valence-corrected chi connectivity index (χ1v) is 12.9. The van der Waals surface area contributed by atoms with Gasteiger partial charge in [0.25, 0.3) is 0 Å². The number of imidazole rings is 1. The molecule has 1 aliphatic carbocycles. The number of azo groups is 1. The molecule has 0 spiro atoms. The largest absolute Gasteiger partial charge is 0.369 e. The summed E-state index contributed by atoms with van der Waals surface area (Å²) in [5, 5.41) is 12.7. The molecule has 166 valence electrons. The van der Waals surface area contributed by atoms with Crippen molar-refractivity contribution in [2.45, 2.75) is 34.3 Å². The molecule has 0 radical (unpaired) electrons. The van der Waals surface area contributed by atoms with E-state index >= 15 is 0 Å². The molecule has 5 N–H and O–H groups in total. The maximum atomic E-state index is 13.3. The van der Waals surface area contributed by atoms with Crippen molar-refractivity contribution in [1.29, 1.82) is 0 Å². The Morgan fingerprint density at radius 2 is 1.81 bits per heavy atom. The van der Waals surface area contributed by atoms with Crippen LogP contribution in [0.25, 0.3) is 22.2 Å². The average Bonchev–Trinajstić information content (AvgIpc) is 3.32. The van der Waals surface area contributed by atoms with E-state index < -0.39 is 30.0 Å². The lowest BCUT2D eigenvalue weighted by atomic mass is 9.97. The number of fused-ring (bicyclic) bond motifs is 1. The number of amidine groups is 1. The topological polar surface area (TPSA) is 186 Å². The lowest BCUT2D eigenvalue weighted by molar-refractivity contribution is 0.475. The van der Waals surface area contributed by atoms with Gasteiger partial charge in [0.15, 0.2) is 28.3 Å². The van der Waals surface area contributed by atoms with Crippen LogP contribution in [-0.4, -0.2) is 44.6 Å². The number of sulfonamides is 1. The second kappa shape index (κ2) is 7.18. The number of hydrogen-bond acceptors (Lipinski definition) is 9. The third-order valence-corrected chi connectivity index (χ3v) is 9.12. The van der Waals surface area contributed by atoms with E-state index in [0.29, 0.717) is 35.0 Å². The summed E-state index contributed by atoms with van der Waals surface area (Å²) in [4.78, 5) is 10.5. The van der Waals surface area contributed by atoms with E-state index in [1.54, 1.807) is 18.2 Å². The summed E-state index contributed by atoms with van der Waals surface area (Å²) >= 11 is 0. The maximum Gasteiger partial charge on any atom is 0.240 e. The van der Waals surface area contributed by atoms with Crippen molar-refractivity contribution in [2.75, 3.05) is 12.4 Å². The van der Waals surface area contributed by atoms with Gasteiger partial charge in [-0.3, -0.25) is 0 Å². The zero-order valence-electron chi connectivity index (χ0n) is 16.7. The van der Waals surface area contributed by atoms with E-state index in [2.05, 4.69) is 25.2 Å². The van der Waals surface area contributed by atoms with Gasteiger partial charge in [-0.25, -0.2) is 32.0 Å². The lowest BCUT2D eigenvalue weighted by Gasteiger charge is -2.27. The predicted octanol–water partition coefficient (Wildman–Crippen LogP) is 1.96. The van der Waals surface area contributed by atoms with Crippen molar-refractivity contribution >= 4 is 42.7 Å². The lowest BCUT2D eigenvalue weighted by Crippen LogP contribution is -2.31. The Balaban J connectivity index is 1.90. The summed E-state index contributed by atoms with van der Waals surface area (Å²) < 4.78 is 52.1. The first kappa shape index (κ1) is 20.7. The second-order valence-electron chi connectivity index (χ2n) is 7.65. The van der Waals surface area contributed by atoms with Gasteiger partial charge >= 0.3 is 0 Å². The number of nitrogens with two attached hydrogens (primary N) is 2. The molecule has 32 heavy (non-hydrogen) atoms. The number of aromatic nitrogens is 2. The molecule has 1 fully saturated rings. The fourth-order valence-electron chi connectivity index (χ4n) is 4.00. The van der Waals surface area contributed by atoms with Crippen LogP contribution in [0.1, 0.15) is 24.8 Å². The van der Waals surface area contributed by atoms with Gasteiger partial charge in [-0.15, -0.1) is 5.11 Å². The Morgan fingerprint density at radius 3 is 2.44 bits per heavy atom. The molecule has 1 aromatic heterocycles. The first-order chi connectivity index (χ1) is 15.2. The van der Waals surface area contributed by atoms with Crippen molar-refractivity contribution in [3.8, 4) is 11.1 Å². The molecule has 13 heteroatoms. The molecule has 1 saturated carbocycles. The number of anilines is 1. The molecular formula is C19H19N7O4S2. The Bertz CT molecular complexity index is 1540. The number of nitrogens with zero attached hydrogens (tertiary/aromatic N) is 4. The third-order valence-electron chi connectivity index (χ3n) is 5.70. The Hall–Kier alpha value is -3.16. The Kier molecular flexibility index (Phi) is 4.65. The second-order valence-corrected chi connectivity index (χ2v) is 11.3. The van der Waals surface area contributed by atoms with Gasteiger partial charge in [-0.2, -0.15) is 5.11 Å². The van der Waals surface area contributed by atoms with Crippen molar-refractivity contribution in [3.63, 3.8) is 0 Å². The van der Waals surface area contributed by atoms with Crippen LogP contribution in [0.2, 0.25) is 0 Å². The molecule has 0 unspecified atom stereocenters. The number of aromatic amines is 1. The molecule has 1 aliphatic heterocycles. The van der Waals surface area contributed by atoms with Gasteiger partial charge < -0.3 is 10.7 Å². The van der Waals surface area contributed by atoms with E-state index in [1.807, 2.05) is 0 Å². The highest BCUT2D eigenvalue weighted by Crippen LogP contribution is 2.40. The van der Waals surface area contributed by atoms with Crippen LogP contribution >= 0.6 is 0 Å². The van der Waals surface area contributed by atoms with E-state index in [0.717, 1.165) is 6.42 Å². The van der Waals surface area contributed by atoms with Crippen molar-refractivity contribution in [2.24, 2.45) is 20.4 Å². The van der Waals surface area contributed by atoms with Crippen LogP contribution in [0.3, 0.4) is 0 Å². The Morgan fingerprint density at radius 1 is 1.03 bits per heavy atom. The summed E-state index contributed by atoms with van der Waals surface area (Å²) in [6.07, 6.45) is 1.70. The summed E-state index contributed by atoms with van der Waals surface area (Å²) in [7, 11) is -8.43. The first-order valence-electron chi connectivity index (χ1n) is 9.78. The van der Waals surface area contributed by atoms with Crippen LogP contribution in [0.5, 0.6) is 0 Å². The molecule has 3 aromatic rings. The van der Waals surface area contributed by atoms with E-state index in [9.17, 15) is 16.8 Å². The van der Waals surface area contributed by atoms with Crippen LogP contribution in [0.15, 0.2) is 55.3 Å². The van der Waals surface area contributed by atoms with Gasteiger partial charge in [0.1, 0.15) is 4.90 Å². The highest BCUT2D eigenvalue weighted by Gasteiger charge is 2.39. The molecule has 0 atom stereocenters. The highest BCUT2D eigenvalue weighted by atomic mass is 32.2. The van der Waals surface area contributed by atoms with E-state index in [4.69, 9.17) is 10.9 Å². The molecule has 2 heterocycles. The number of benzene rings is 2. The standard InChI is InChI=1S/C19H19N7O4S2/c20-19-24-13-6-2-5-12(16(13)25-19)11-7-8-14(31(27,28)10-3-1-4-10)17(32(21,29)30)15(11)18-22-9-23-26-18/h2,5-8,10H,1,3-4,9H2,(H3,20,24,25)(H2,21,29,30). The zero-order valence-corrected chi connectivity index (χ0v) is 18.3. The van der Waals surface area contributed by atoms with Gasteiger partial charge in [-0.05, 0) is 30.5 Å². The van der Waals surface area contributed by atoms with Crippen molar-refractivity contribution < 1.29 is 16.8 Å². The SMILES string of the molecule is Nc1nc2c(-c3ccc(S(=O)(=O)C4CCC4)c(S(N)(=O)=O)c3C3=NCN=N3)cccc2[nH]1.